The molecule has 2 heterocycles. The number of nitrogens with one attached hydrogen (secondary N) is 2. The Bertz CT molecular complexity index is 959. The topological polar surface area (TPSA) is 95.2 Å². The van der Waals surface area contributed by atoms with E-state index in [1.165, 1.54) is 0 Å². The minimum Gasteiger partial charge on any atom is -0.325 e. The summed E-state index contributed by atoms with van der Waals surface area (Å²) < 4.78 is 0. The Morgan fingerprint density at radius 2 is 1.62 bits per heavy atom. The molecule has 0 unspecified atom stereocenters. The number of anilines is 1. The number of aromatic nitrogens is 2. The summed E-state index contributed by atoms with van der Waals surface area (Å²) in [6, 6.07) is 15.6. The van der Waals surface area contributed by atoms with Crippen LogP contribution in [0.15, 0.2) is 60.8 Å². The van der Waals surface area contributed by atoms with Crippen LogP contribution in [0.5, 0.6) is 0 Å². The highest BCUT2D eigenvalue weighted by Gasteiger charge is 2.36. The molecule has 0 radical (unpaired) electrons. The molecule has 1 aliphatic heterocycles. The van der Waals surface area contributed by atoms with Gasteiger partial charge < -0.3 is 5.32 Å². The van der Waals surface area contributed by atoms with Gasteiger partial charge in [-0.2, -0.15) is 5.10 Å². The van der Waals surface area contributed by atoms with Gasteiger partial charge in [-0.1, -0.05) is 24.3 Å². The number of benzene rings is 2. The van der Waals surface area contributed by atoms with E-state index in [0.717, 1.165) is 16.2 Å². The van der Waals surface area contributed by atoms with E-state index in [1.54, 1.807) is 42.6 Å². The van der Waals surface area contributed by atoms with Crippen LogP contribution in [0.3, 0.4) is 0 Å². The molecule has 7 nitrogen and oxygen atoms in total. The highest BCUT2D eigenvalue weighted by atomic mass is 16.2. The van der Waals surface area contributed by atoms with E-state index in [-0.39, 0.29) is 6.54 Å². The number of imide groups is 1. The monoisotopic (exact) mass is 346 g/mol. The third-order valence-electron chi connectivity index (χ3n) is 4.16. The molecule has 0 saturated carbocycles. The number of carbonyl (C=O) groups excluding carboxylic acids is 3. The van der Waals surface area contributed by atoms with Gasteiger partial charge in [0.1, 0.15) is 6.54 Å². The summed E-state index contributed by atoms with van der Waals surface area (Å²) in [5, 5.41) is 9.45. The van der Waals surface area contributed by atoms with Crippen LogP contribution >= 0.6 is 0 Å². The van der Waals surface area contributed by atoms with Crippen molar-refractivity contribution in [3.8, 4) is 11.3 Å². The van der Waals surface area contributed by atoms with Gasteiger partial charge in [-0.05, 0) is 35.9 Å². The molecule has 0 saturated heterocycles. The van der Waals surface area contributed by atoms with Crippen LogP contribution in [-0.2, 0) is 4.79 Å². The molecular weight excluding hydrogens is 332 g/mol. The van der Waals surface area contributed by atoms with Crippen molar-refractivity contribution in [1.29, 1.82) is 0 Å². The van der Waals surface area contributed by atoms with Crippen molar-refractivity contribution in [2.24, 2.45) is 0 Å². The number of amides is 3. The van der Waals surface area contributed by atoms with Gasteiger partial charge in [0, 0.05) is 11.9 Å². The first-order valence-corrected chi connectivity index (χ1v) is 7.98. The fraction of sp³-hybridized carbons (Fsp3) is 0.0526. The minimum absolute atomic E-state index is 0.325. The van der Waals surface area contributed by atoms with Gasteiger partial charge in [-0.15, -0.1) is 0 Å². The van der Waals surface area contributed by atoms with Crippen LogP contribution < -0.4 is 5.32 Å². The Morgan fingerprint density at radius 1 is 0.962 bits per heavy atom. The standard InChI is InChI=1S/C19H14N4O3/c24-17(11-23-18(25)14-3-1-2-4-15(14)19(23)26)21-13-7-5-12(6-8-13)16-9-10-20-22-16/h1-10H,11H2,(H,20,22)(H,21,24). The quantitative estimate of drug-likeness (QED) is 0.709. The summed E-state index contributed by atoms with van der Waals surface area (Å²) in [5.74, 6) is -1.33. The number of fused-ring (bicyclic) bond motifs is 1. The fourth-order valence-corrected chi connectivity index (χ4v) is 2.88. The Hall–Kier alpha value is -3.74. The van der Waals surface area contributed by atoms with E-state index >= 15 is 0 Å². The third-order valence-corrected chi connectivity index (χ3v) is 4.16. The minimum atomic E-state index is -0.449. The van der Waals surface area contributed by atoms with Gasteiger partial charge in [-0.3, -0.25) is 24.4 Å². The third kappa shape index (κ3) is 2.75. The lowest BCUT2D eigenvalue weighted by atomic mass is 10.1. The molecule has 4 rings (SSSR count). The first-order valence-electron chi connectivity index (χ1n) is 7.98. The molecule has 1 aliphatic rings. The molecule has 0 aliphatic carbocycles. The van der Waals surface area contributed by atoms with Gasteiger partial charge in [0.2, 0.25) is 5.91 Å². The molecule has 0 spiro atoms. The highest BCUT2D eigenvalue weighted by molar-refractivity contribution is 6.22. The van der Waals surface area contributed by atoms with Crippen molar-refractivity contribution in [3.63, 3.8) is 0 Å². The number of carbonyl (C=O) groups is 3. The zero-order valence-corrected chi connectivity index (χ0v) is 13.6. The highest BCUT2D eigenvalue weighted by Crippen LogP contribution is 2.22. The van der Waals surface area contributed by atoms with Gasteiger partial charge in [0.25, 0.3) is 11.8 Å². The summed E-state index contributed by atoms with van der Waals surface area (Å²) in [6.07, 6.45) is 1.66. The Balaban J connectivity index is 1.43. The van der Waals surface area contributed by atoms with Gasteiger partial charge in [0.15, 0.2) is 0 Å². The van der Waals surface area contributed by atoms with Crippen LogP contribution in [0.25, 0.3) is 11.3 Å². The van der Waals surface area contributed by atoms with Crippen LogP contribution in [0.4, 0.5) is 5.69 Å². The number of nitrogens with zero attached hydrogens (tertiary/aromatic N) is 2. The SMILES string of the molecule is O=C(CN1C(=O)c2ccccc2C1=O)Nc1ccc(-c2ccn[nH]2)cc1. The van der Waals surface area contributed by atoms with E-state index < -0.39 is 17.7 Å². The van der Waals surface area contributed by atoms with E-state index in [1.807, 2.05) is 18.2 Å². The average Bonchev–Trinajstić information content (AvgIpc) is 3.27. The van der Waals surface area contributed by atoms with Crippen molar-refractivity contribution in [1.82, 2.24) is 15.1 Å². The maximum absolute atomic E-state index is 12.3. The molecule has 128 valence electrons. The Morgan fingerprint density at radius 3 is 2.19 bits per heavy atom. The second kappa shape index (κ2) is 6.29. The lowest BCUT2D eigenvalue weighted by Gasteiger charge is -2.13. The number of hydrogen-bond donors (Lipinski definition) is 2. The summed E-state index contributed by atoms with van der Waals surface area (Å²) in [4.78, 5) is 37.8. The predicted octanol–water partition coefficient (Wildman–Crippen LogP) is 2.31. The summed E-state index contributed by atoms with van der Waals surface area (Å²) in [7, 11) is 0. The van der Waals surface area contributed by atoms with Gasteiger partial charge in [0.05, 0.1) is 16.8 Å². The molecule has 0 atom stereocenters. The number of hydrogen-bond acceptors (Lipinski definition) is 4. The van der Waals surface area contributed by atoms with Crippen molar-refractivity contribution < 1.29 is 14.4 Å². The van der Waals surface area contributed by atoms with Crippen molar-refractivity contribution >= 4 is 23.4 Å². The fourth-order valence-electron chi connectivity index (χ4n) is 2.88. The van der Waals surface area contributed by atoms with Gasteiger partial charge >= 0.3 is 0 Å². The largest absolute Gasteiger partial charge is 0.325 e. The van der Waals surface area contributed by atoms with Crippen LogP contribution in [0, 0.1) is 0 Å². The lowest BCUT2D eigenvalue weighted by Crippen LogP contribution is -2.37. The summed E-state index contributed by atoms with van der Waals surface area (Å²) >= 11 is 0. The van der Waals surface area contributed by atoms with E-state index in [2.05, 4.69) is 15.5 Å². The summed E-state index contributed by atoms with van der Waals surface area (Å²) in [6.45, 7) is -0.325. The van der Waals surface area contributed by atoms with Crippen LogP contribution in [-0.4, -0.2) is 39.4 Å². The van der Waals surface area contributed by atoms with Crippen LogP contribution in [0.1, 0.15) is 20.7 Å². The first kappa shape index (κ1) is 15.8. The Labute approximate surface area is 148 Å². The molecule has 3 aromatic rings. The molecule has 1 aromatic heterocycles. The molecule has 3 amide bonds. The first-order chi connectivity index (χ1) is 12.6. The number of H-pyrrole nitrogens is 1. The molecule has 0 fully saturated rings. The molecule has 2 aromatic carbocycles. The summed E-state index contributed by atoms with van der Waals surface area (Å²) in [5.41, 5.74) is 3.04. The maximum Gasteiger partial charge on any atom is 0.262 e. The van der Waals surface area contributed by atoms with Crippen molar-refractivity contribution in [2.45, 2.75) is 0 Å². The number of aromatic amines is 1. The Kier molecular flexibility index (Phi) is 3.81. The smallest absolute Gasteiger partial charge is 0.262 e. The second-order valence-electron chi connectivity index (χ2n) is 5.84. The molecule has 26 heavy (non-hydrogen) atoms. The van der Waals surface area contributed by atoms with E-state index in [4.69, 9.17) is 0 Å². The van der Waals surface area contributed by atoms with E-state index in [0.29, 0.717) is 16.8 Å². The maximum atomic E-state index is 12.3. The van der Waals surface area contributed by atoms with Gasteiger partial charge in [-0.25, -0.2) is 0 Å². The second-order valence-corrected chi connectivity index (χ2v) is 5.84. The molecule has 7 heteroatoms. The van der Waals surface area contributed by atoms with E-state index in [9.17, 15) is 14.4 Å². The van der Waals surface area contributed by atoms with Crippen LogP contribution in [0.2, 0.25) is 0 Å². The zero-order valence-electron chi connectivity index (χ0n) is 13.6. The molecular formula is C19H14N4O3. The van der Waals surface area contributed by atoms with Crippen molar-refractivity contribution in [3.05, 3.63) is 71.9 Å². The zero-order chi connectivity index (χ0) is 18.1. The van der Waals surface area contributed by atoms with Crippen molar-refractivity contribution in [2.75, 3.05) is 11.9 Å². The molecule has 0 bridgehead atoms. The lowest BCUT2D eigenvalue weighted by molar-refractivity contribution is -0.116. The predicted molar refractivity (Wildman–Crippen MR) is 94.5 cm³/mol. The normalized spacial score (nSPS) is 13.0. The molecule has 2 N–H and O–H groups in total. The number of rotatable bonds is 4. The average molecular weight is 346 g/mol.